The van der Waals surface area contributed by atoms with Crippen LogP contribution >= 0.6 is 15.6 Å². The molecular weight excluding hydrogens is 1210 g/mol. The van der Waals surface area contributed by atoms with Gasteiger partial charge in [0.05, 0.1) is 26.4 Å². The molecule has 546 valence electrons. The third-order valence-electron chi connectivity index (χ3n) is 18.0. The maximum absolute atomic E-state index is 13.1. The van der Waals surface area contributed by atoms with Crippen molar-refractivity contribution in [1.82, 2.24) is 0 Å². The summed E-state index contributed by atoms with van der Waals surface area (Å²) < 4.78 is 68.4. The van der Waals surface area contributed by atoms with Crippen molar-refractivity contribution in [2.24, 2.45) is 17.8 Å². The van der Waals surface area contributed by atoms with Gasteiger partial charge in [-0.15, -0.1) is 0 Å². The molecule has 0 aliphatic heterocycles. The lowest BCUT2D eigenvalue weighted by atomic mass is 9.99. The fourth-order valence-electron chi connectivity index (χ4n) is 11.0. The minimum Gasteiger partial charge on any atom is -0.462 e. The normalized spacial score (nSPS) is 15.0. The van der Waals surface area contributed by atoms with Crippen molar-refractivity contribution in [1.29, 1.82) is 0 Å². The molecule has 19 heteroatoms. The molecule has 0 heterocycles. The fourth-order valence-corrected chi connectivity index (χ4v) is 12.6. The molecule has 0 aliphatic rings. The average Bonchev–Trinajstić information content (AvgIpc) is 2.40. The van der Waals surface area contributed by atoms with Crippen LogP contribution in [0.4, 0.5) is 0 Å². The molecule has 0 aromatic rings. The smallest absolute Gasteiger partial charge is 0.462 e. The van der Waals surface area contributed by atoms with Crippen LogP contribution in [0.1, 0.15) is 370 Å². The number of aliphatic hydroxyl groups excluding tert-OH is 1. The van der Waals surface area contributed by atoms with Gasteiger partial charge < -0.3 is 33.8 Å². The number of unbranched alkanes of at least 4 members (excludes halogenated alkanes) is 36. The van der Waals surface area contributed by atoms with Gasteiger partial charge in [-0.1, -0.05) is 318 Å². The van der Waals surface area contributed by atoms with Crippen LogP contribution in [-0.2, 0) is 65.4 Å². The zero-order chi connectivity index (χ0) is 68.0. The number of ether oxygens (including phenoxy) is 4. The molecule has 92 heavy (non-hydrogen) atoms. The minimum absolute atomic E-state index is 0.102. The third kappa shape index (κ3) is 62.8. The lowest BCUT2D eigenvalue weighted by Crippen LogP contribution is -2.30. The van der Waals surface area contributed by atoms with Gasteiger partial charge in [-0.3, -0.25) is 37.3 Å². The highest BCUT2D eigenvalue weighted by molar-refractivity contribution is 7.47. The lowest BCUT2D eigenvalue weighted by Gasteiger charge is -2.21. The monoisotopic (exact) mass is 1350 g/mol. The van der Waals surface area contributed by atoms with Crippen LogP contribution in [0, 0.1) is 17.8 Å². The number of aliphatic hydroxyl groups is 1. The van der Waals surface area contributed by atoms with Crippen LogP contribution in [0.25, 0.3) is 0 Å². The van der Waals surface area contributed by atoms with Crippen molar-refractivity contribution in [3.05, 3.63) is 0 Å². The Labute approximate surface area is 562 Å². The summed E-state index contributed by atoms with van der Waals surface area (Å²) in [5.41, 5.74) is 0. The number of phosphoric ester groups is 2. The molecule has 0 amide bonds. The summed E-state index contributed by atoms with van der Waals surface area (Å²) >= 11 is 0. The van der Waals surface area contributed by atoms with E-state index in [-0.39, 0.29) is 25.7 Å². The summed E-state index contributed by atoms with van der Waals surface area (Å²) in [6.07, 6.45) is 48.6. The summed E-state index contributed by atoms with van der Waals surface area (Å²) in [5.74, 6) is 0.134. The van der Waals surface area contributed by atoms with E-state index in [0.717, 1.165) is 114 Å². The van der Waals surface area contributed by atoms with Crippen LogP contribution in [0.15, 0.2) is 0 Å². The first-order chi connectivity index (χ1) is 44.3. The number of hydrogen-bond donors (Lipinski definition) is 3. The molecule has 0 aliphatic carbocycles. The van der Waals surface area contributed by atoms with Gasteiger partial charge in [0, 0.05) is 25.7 Å². The molecule has 3 N–H and O–H groups in total. The van der Waals surface area contributed by atoms with Crippen LogP contribution in [-0.4, -0.2) is 96.7 Å². The van der Waals surface area contributed by atoms with E-state index >= 15 is 0 Å². The number of rotatable bonds is 71. The Morgan fingerprint density at radius 3 is 0.772 bits per heavy atom. The summed E-state index contributed by atoms with van der Waals surface area (Å²) in [4.78, 5) is 72.6. The lowest BCUT2D eigenvalue weighted by molar-refractivity contribution is -0.161. The molecule has 17 nitrogen and oxygen atoms in total. The van der Waals surface area contributed by atoms with Gasteiger partial charge in [0.1, 0.15) is 19.3 Å². The van der Waals surface area contributed by atoms with E-state index < -0.39 is 97.5 Å². The van der Waals surface area contributed by atoms with Crippen molar-refractivity contribution in [3.63, 3.8) is 0 Å². The number of phosphoric acid groups is 2. The molecule has 8 atom stereocenters. The number of carbonyl (C=O) groups excluding carboxylic acids is 4. The summed E-state index contributed by atoms with van der Waals surface area (Å²) in [6, 6.07) is 0. The Morgan fingerprint density at radius 2 is 0.522 bits per heavy atom. The van der Waals surface area contributed by atoms with E-state index in [4.69, 9.17) is 37.0 Å². The van der Waals surface area contributed by atoms with Crippen molar-refractivity contribution in [2.45, 2.75) is 388 Å². The number of hydrogen-bond acceptors (Lipinski definition) is 15. The van der Waals surface area contributed by atoms with E-state index in [1.165, 1.54) is 173 Å². The molecule has 0 bridgehead atoms. The summed E-state index contributed by atoms with van der Waals surface area (Å²) in [7, 11) is -9.91. The Kier molecular flexibility index (Phi) is 62.4. The Bertz CT molecular complexity index is 1810. The molecule has 0 aromatic heterocycles. The minimum atomic E-state index is -4.96. The Hall–Kier alpha value is -1.94. The third-order valence-corrected chi connectivity index (χ3v) is 19.9. The highest BCUT2D eigenvalue weighted by Gasteiger charge is 2.30. The summed E-state index contributed by atoms with van der Waals surface area (Å²) in [6.45, 7) is 11.8. The molecule has 0 aromatic carbocycles. The van der Waals surface area contributed by atoms with Crippen molar-refractivity contribution in [2.75, 3.05) is 39.6 Å². The molecule has 0 spiro atoms. The van der Waals surface area contributed by atoms with Gasteiger partial charge in [-0.25, -0.2) is 9.13 Å². The fraction of sp³-hybridized carbons (Fsp3) is 0.945. The van der Waals surface area contributed by atoms with Crippen LogP contribution in [0.5, 0.6) is 0 Å². The highest BCUT2D eigenvalue weighted by Crippen LogP contribution is 2.45. The second kappa shape index (κ2) is 63.8. The second-order valence-electron chi connectivity index (χ2n) is 27.1. The number of carbonyl (C=O) groups is 4. The average molecular weight is 1350 g/mol. The predicted molar refractivity (Wildman–Crippen MR) is 372 cm³/mol. The quantitative estimate of drug-likeness (QED) is 0.0222. The maximum Gasteiger partial charge on any atom is 0.472 e. The van der Waals surface area contributed by atoms with E-state index in [0.29, 0.717) is 25.7 Å². The maximum atomic E-state index is 13.1. The van der Waals surface area contributed by atoms with E-state index in [1.807, 2.05) is 0 Å². The Morgan fingerprint density at radius 1 is 0.304 bits per heavy atom. The first-order valence-corrected chi connectivity index (χ1v) is 41.0. The molecule has 0 rings (SSSR count). The van der Waals surface area contributed by atoms with Gasteiger partial charge in [0.15, 0.2) is 12.2 Å². The number of esters is 4. The van der Waals surface area contributed by atoms with Gasteiger partial charge in [-0.05, 0) is 43.4 Å². The first-order valence-electron chi connectivity index (χ1n) is 38.0. The largest absolute Gasteiger partial charge is 0.472 e. The predicted octanol–water partition coefficient (Wildman–Crippen LogP) is 21.0. The van der Waals surface area contributed by atoms with Gasteiger partial charge >= 0.3 is 39.5 Å². The van der Waals surface area contributed by atoms with Crippen LogP contribution in [0.3, 0.4) is 0 Å². The van der Waals surface area contributed by atoms with E-state index in [1.54, 1.807) is 0 Å². The zero-order valence-corrected chi connectivity index (χ0v) is 61.8. The molecule has 0 saturated carbocycles. The first kappa shape index (κ1) is 90.1. The second-order valence-corrected chi connectivity index (χ2v) is 30.0. The van der Waals surface area contributed by atoms with Crippen molar-refractivity contribution >= 4 is 39.5 Å². The van der Waals surface area contributed by atoms with E-state index in [2.05, 4.69) is 48.5 Å². The molecule has 0 fully saturated rings. The van der Waals surface area contributed by atoms with Crippen molar-refractivity contribution < 1.29 is 80.2 Å². The standard InChI is InChI=1S/C73H142O17P2/c1-8-12-13-14-15-16-17-18-19-20-21-22-23-24-29-32-42-49-56-72(77)89-68(60-83-70(75)54-47-40-31-28-26-25-27-30-37-44-51-64(5)9-2)62-87-91(79,80)85-58-67(74)59-86-92(81,82)88-63-69(90-73(78)57-50-43-36-34-39-46-53-66(7)11-4)61-84-71(76)55-48-41-35-33-38-45-52-65(6)10-3/h64-69,74H,8-63H2,1-7H3,(H,79,80)(H,81,82)/t64?,65?,66?,67-,68-,69-/m1/s1. The summed E-state index contributed by atoms with van der Waals surface area (Å²) in [5, 5.41) is 10.6. The SMILES string of the molecule is CCCCCCCCCCCCCCCCCCCCC(=O)O[C@H](COC(=O)CCCCCCCCCCCCC(C)CC)COP(=O)(O)OC[C@@H](O)COP(=O)(O)OC[C@@H](COC(=O)CCCCCCCCC(C)CC)OC(=O)CCCCCCCCC(C)CC. The highest BCUT2D eigenvalue weighted by atomic mass is 31.2. The van der Waals surface area contributed by atoms with Gasteiger partial charge in [-0.2, -0.15) is 0 Å². The zero-order valence-electron chi connectivity index (χ0n) is 60.0. The van der Waals surface area contributed by atoms with Gasteiger partial charge in [0.2, 0.25) is 0 Å². The van der Waals surface area contributed by atoms with E-state index in [9.17, 15) is 43.2 Å². The van der Waals surface area contributed by atoms with Crippen LogP contribution in [0.2, 0.25) is 0 Å². The topological polar surface area (TPSA) is 237 Å². The van der Waals surface area contributed by atoms with Crippen LogP contribution < -0.4 is 0 Å². The molecular formula is C73H142O17P2. The molecule has 0 saturated heterocycles. The Balaban J connectivity index is 5.24. The molecule has 5 unspecified atom stereocenters. The van der Waals surface area contributed by atoms with Gasteiger partial charge in [0.25, 0.3) is 0 Å². The van der Waals surface area contributed by atoms with Crippen molar-refractivity contribution in [3.8, 4) is 0 Å². The molecule has 0 radical (unpaired) electrons.